The van der Waals surface area contributed by atoms with E-state index in [-0.39, 0.29) is 5.82 Å². The summed E-state index contributed by atoms with van der Waals surface area (Å²) in [6, 6.07) is 17.2. The van der Waals surface area contributed by atoms with Gasteiger partial charge in [-0.2, -0.15) is 0 Å². The zero-order valence-corrected chi connectivity index (χ0v) is 14.4. The Bertz CT molecular complexity index is 669. The van der Waals surface area contributed by atoms with Crippen molar-refractivity contribution >= 4 is 17.3 Å². The molecular formula is C19H22FN3S. The van der Waals surface area contributed by atoms with E-state index in [4.69, 9.17) is 12.2 Å². The van der Waals surface area contributed by atoms with Gasteiger partial charge in [-0.3, -0.25) is 4.90 Å². The van der Waals surface area contributed by atoms with E-state index in [1.807, 2.05) is 30.3 Å². The first-order valence-corrected chi connectivity index (χ1v) is 8.65. The maximum Gasteiger partial charge on any atom is 0.169 e. The van der Waals surface area contributed by atoms with Crippen LogP contribution in [-0.4, -0.2) is 41.1 Å². The number of halogens is 1. The first kappa shape index (κ1) is 16.9. The van der Waals surface area contributed by atoms with Crippen LogP contribution in [-0.2, 0) is 13.1 Å². The van der Waals surface area contributed by atoms with Crippen LogP contribution in [0.5, 0.6) is 0 Å². The van der Waals surface area contributed by atoms with Gasteiger partial charge in [0.25, 0.3) is 0 Å². The molecule has 5 heteroatoms. The fourth-order valence-corrected chi connectivity index (χ4v) is 3.12. The van der Waals surface area contributed by atoms with Gasteiger partial charge >= 0.3 is 0 Å². The first-order chi connectivity index (χ1) is 11.7. The highest BCUT2D eigenvalue weighted by Gasteiger charge is 2.19. The van der Waals surface area contributed by atoms with Gasteiger partial charge in [0.1, 0.15) is 5.82 Å². The number of hydrogen-bond acceptors (Lipinski definition) is 2. The second-order valence-corrected chi connectivity index (χ2v) is 6.39. The Labute approximate surface area is 148 Å². The molecule has 0 unspecified atom stereocenters. The second-order valence-electron chi connectivity index (χ2n) is 6.00. The SMILES string of the molecule is Fc1ccccc1CN1CCN(C(=S)NCc2ccccc2)CC1. The molecule has 0 atom stereocenters. The van der Waals surface area contributed by atoms with Crippen molar-refractivity contribution in [1.82, 2.24) is 15.1 Å². The van der Waals surface area contributed by atoms with E-state index in [0.29, 0.717) is 6.54 Å². The monoisotopic (exact) mass is 343 g/mol. The van der Waals surface area contributed by atoms with Gasteiger partial charge in [-0.05, 0) is 23.8 Å². The maximum atomic E-state index is 13.7. The third-order valence-corrected chi connectivity index (χ3v) is 4.70. The third-order valence-electron chi connectivity index (χ3n) is 4.30. The van der Waals surface area contributed by atoms with Gasteiger partial charge in [-0.1, -0.05) is 48.5 Å². The average Bonchev–Trinajstić information content (AvgIpc) is 2.63. The van der Waals surface area contributed by atoms with Crippen LogP contribution in [0.25, 0.3) is 0 Å². The second kappa shape index (κ2) is 8.22. The Balaban J connectivity index is 1.44. The van der Waals surface area contributed by atoms with Crippen molar-refractivity contribution in [3.8, 4) is 0 Å². The predicted molar refractivity (Wildman–Crippen MR) is 99.1 cm³/mol. The summed E-state index contributed by atoms with van der Waals surface area (Å²) in [5.41, 5.74) is 1.98. The molecule has 0 spiro atoms. The minimum absolute atomic E-state index is 0.125. The lowest BCUT2D eigenvalue weighted by atomic mass is 10.2. The quantitative estimate of drug-likeness (QED) is 0.860. The fourth-order valence-electron chi connectivity index (χ4n) is 2.86. The molecule has 0 bridgehead atoms. The lowest BCUT2D eigenvalue weighted by Crippen LogP contribution is -2.51. The Hall–Kier alpha value is -1.98. The highest BCUT2D eigenvalue weighted by Crippen LogP contribution is 2.12. The number of benzene rings is 2. The number of piperazine rings is 1. The number of nitrogens with zero attached hydrogens (tertiary/aromatic N) is 2. The van der Waals surface area contributed by atoms with Gasteiger partial charge in [-0.25, -0.2) is 4.39 Å². The normalized spacial score (nSPS) is 15.3. The van der Waals surface area contributed by atoms with Crippen molar-refractivity contribution in [3.63, 3.8) is 0 Å². The van der Waals surface area contributed by atoms with Crippen LogP contribution in [0, 0.1) is 5.82 Å². The Morgan fingerprint density at radius 2 is 1.62 bits per heavy atom. The Kier molecular flexibility index (Phi) is 5.77. The molecule has 2 aromatic rings. The summed E-state index contributed by atoms with van der Waals surface area (Å²) in [6.45, 7) is 4.92. The Morgan fingerprint density at radius 1 is 0.958 bits per heavy atom. The van der Waals surface area contributed by atoms with Crippen molar-refractivity contribution in [3.05, 3.63) is 71.5 Å². The van der Waals surface area contributed by atoms with Gasteiger partial charge in [0.2, 0.25) is 0 Å². The molecule has 0 aromatic heterocycles. The maximum absolute atomic E-state index is 13.7. The minimum Gasteiger partial charge on any atom is -0.358 e. The number of rotatable bonds is 4. The zero-order valence-electron chi connectivity index (χ0n) is 13.6. The van der Waals surface area contributed by atoms with E-state index < -0.39 is 0 Å². The van der Waals surface area contributed by atoms with Gasteiger partial charge in [0.05, 0.1) is 0 Å². The minimum atomic E-state index is -0.125. The summed E-state index contributed by atoms with van der Waals surface area (Å²) >= 11 is 5.50. The van der Waals surface area contributed by atoms with Crippen LogP contribution >= 0.6 is 12.2 Å². The number of hydrogen-bond donors (Lipinski definition) is 1. The predicted octanol–water partition coefficient (Wildman–Crippen LogP) is 3.02. The molecule has 24 heavy (non-hydrogen) atoms. The average molecular weight is 343 g/mol. The molecule has 0 radical (unpaired) electrons. The smallest absolute Gasteiger partial charge is 0.169 e. The van der Waals surface area contributed by atoms with Gasteiger partial charge < -0.3 is 10.2 Å². The number of thiocarbonyl (C=S) groups is 1. The van der Waals surface area contributed by atoms with Crippen LogP contribution in [0.15, 0.2) is 54.6 Å². The molecule has 0 amide bonds. The standard InChI is InChI=1S/C19H22FN3S/c20-18-9-5-4-8-17(18)15-22-10-12-23(13-11-22)19(24)21-14-16-6-2-1-3-7-16/h1-9H,10-15H2,(H,21,24). The molecule has 1 aliphatic rings. The van der Waals surface area contributed by atoms with Crippen LogP contribution in [0.4, 0.5) is 4.39 Å². The van der Waals surface area contributed by atoms with Crippen molar-refractivity contribution in [2.75, 3.05) is 26.2 Å². The van der Waals surface area contributed by atoms with E-state index in [1.54, 1.807) is 6.07 Å². The summed E-state index contributed by atoms with van der Waals surface area (Å²) in [4.78, 5) is 4.46. The summed E-state index contributed by atoms with van der Waals surface area (Å²) in [5, 5.41) is 4.12. The Morgan fingerprint density at radius 3 is 2.33 bits per heavy atom. The van der Waals surface area contributed by atoms with E-state index in [0.717, 1.165) is 43.4 Å². The summed E-state index contributed by atoms with van der Waals surface area (Å²) < 4.78 is 13.7. The fraction of sp³-hybridized carbons (Fsp3) is 0.316. The summed E-state index contributed by atoms with van der Waals surface area (Å²) in [6.07, 6.45) is 0. The molecule has 3 rings (SSSR count). The van der Waals surface area contributed by atoms with Crippen molar-refractivity contribution in [2.24, 2.45) is 0 Å². The van der Waals surface area contributed by atoms with Crippen LogP contribution in [0.2, 0.25) is 0 Å². The molecule has 1 N–H and O–H groups in total. The van der Waals surface area contributed by atoms with Crippen molar-refractivity contribution < 1.29 is 4.39 Å². The summed E-state index contributed by atoms with van der Waals surface area (Å²) in [7, 11) is 0. The largest absolute Gasteiger partial charge is 0.358 e. The van der Waals surface area contributed by atoms with E-state index in [1.165, 1.54) is 11.6 Å². The number of nitrogens with one attached hydrogen (secondary N) is 1. The highest BCUT2D eigenvalue weighted by molar-refractivity contribution is 7.80. The van der Waals surface area contributed by atoms with Crippen LogP contribution in [0.3, 0.4) is 0 Å². The van der Waals surface area contributed by atoms with Crippen molar-refractivity contribution in [2.45, 2.75) is 13.1 Å². The highest BCUT2D eigenvalue weighted by atomic mass is 32.1. The molecule has 1 saturated heterocycles. The van der Waals surface area contributed by atoms with E-state index in [2.05, 4.69) is 27.2 Å². The molecular weight excluding hydrogens is 321 g/mol. The van der Waals surface area contributed by atoms with Gasteiger partial charge in [-0.15, -0.1) is 0 Å². The van der Waals surface area contributed by atoms with Crippen molar-refractivity contribution in [1.29, 1.82) is 0 Å². The molecule has 0 saturated carbocycles. The first-order valence-electron chi connectivity index (χ1n) is 8.25. The van der Waals surface area contributed by atoms with E-state index >= 15 is 0 Å². The topological polar surface area (TPSA) is 18.5 Å². The molecule has 1 heterocycles. The van der Waals surface area contributed by atoms with Gasteiger partial charge in [0, 0.05) is 44.8 Å². The zero-order chi connectivity index (χ0) is 16.8. The lowest BCUT2D eigenvalue weighted by molar-refractivity contribution is 0.173. The summed E-state index contributed by atoms with van der Waals surface area (Å²) in [5.74, 6) is -0.125. The van der Waals surface area contributed by atoms with Crippen LogP contribution < -0.4 is 5.32 Å². The molecule has 126 valence electrons. The van der Waals surface area contributed by atoms with Gasteiger partial charge in [0.15, 0.2) is 5.11 Å². The molecule has 1 aliphatic heterocycles. The third kappa shape index (κ3) is 4.52. The molecule has 0 aliphatic carbocycles. The molecule has 3 nitrogen and oxygen atoms in total. The molecule has 2 aromatic carbocycles. The van der Waals surface area contributed by atoms with E-state index in [9.17, 15) is 4.39 Å². The lowest BCUT2D eigenvalue weighted by Gasteiger charge is -2.36. The molecule has 1 fully saturated rings. The van der Waals surface area contributed by atoms with Crippen LogP contribution in [0.1, 0.15) is 11.1 Å².